The Morgan fingerprint density at radius 3 is 2.55 bits per heavy atom. The van der Waals surface area contributed by atoms with Crippen molar-refractivity contribution in [2.24, 2.45) is 0 Å². The lowest BCUT2D eigenvalue weighted by Gasteiger charge is -2.01. The molecule has 108 valence electrons. The minimum absolute atomic E-state index is 0.0998. The van der Waals surface area contributed by atoms with Crippen LogP contribution < -0.4 is 10.3 Å². The molecule has 0 aliphatic rings. The van der Waals surface area contributed by atoms with E-state index in [1.165, 1.54) is 0 Å². The van der Waals surface area contributed by atoms with E-state index in [0.29, 0.717) is 5.56 Å². The third kappa shape index (κ3) is 1.97. The molecule has 22 heavy (non-hydrogen) atoms. The average Bonchev–Trinajstić information content (AvgIpc) is 2.96. The fourth-order valence-corrected chi connectivity index (χ4v) is 2.73. The Labute approximate surface area is 126 Å². The third-order valence-electron chi connectivity index (χ3n) is 3.87. The molecule has 0 saturated heterocycles. The Morgan fingerprint density at radius 2 is 1.68 bits per heavy atom. The van der Waals surface area contributed by atoms with Gasteiger partial charge in [-0.3, -0.25) is 4.79 Å². The first-order valence-corrected chi connectivity index (χ1v) is 7.04. The number of fused-ring (bicyclic) bond motifs is 2. The van der Waals surface area contributed by atoms with E-state index in [1.54, 1.807) is 7.11 Å². The van der Waals surface area contributed by atoms with Gasteiger partial charge < -0.3 is 14.7 Å². The minimum Gasteiger partial charge on any atom is -0.497 e. The Morgan fingerprint density at radius 1 is 0.864 bits per heavy atom. The largest absolute Gasteiger partial charge is 0.497 e. The molecule has 0 spiro atoms. The number of H-pyrrole nitrogens is 2. The summed E-state index contributed by atoms with van der Waals surface area (Å²) < 4.78 is 5.24. The first-order chi connectivity index (χ1) is 10.7. The van der Waals surface area contributed by atoms with E-state index in [1.807, 2.05) is 54.6 Å². The average molecular weight is 290 g/mol. The zero-order chi connectivity index (χ0) is 15.1. The van der Waals surface area contributed by atoms with Crippen molar-refractivity contribution in [3.05, 3.63) is 65.0 Å². The number of nitrogens with one attached hydrogen (secondary N) is 2. The number of benzene rings is 2. The number of ether oxygens (including phenoxy) is 1. The first kappa shape index (κ1) is 12.7. The minimum atomic E-state index is -0.0998. The van der Waals surface area contributed by atoms with Crippen LogP contribution in [0.25, 0.3) is 33.1 Å². The van der Waals surface area contributed by atoms with Crippen LogP contribution in [0.4, 0.5) is 0 Å². The number of hydrogen-bond donors (Lipinski definition) is 2. The molecule has 0 bridgehead atoms. The number of hydrogen-bond acceptors (Lipinski definition) is 2. The molecular weight excluding hydrogens is 276 g/mol. The first-order valence-electron chi connectivity index (χ1n) is 7.04. The van der Waals surface area contributed by atoms with Crippen molar-refractivity contribution in [3.8, 4) is 17.0 Å². The van der Waals surface area contributed by atoms with Crippen LogP contribution in [0.1, 0.15) is 0 Å². The molecule has 2 heterocycles. The quantitative estimate of drug-likeness (QED) is 0.591. The van der Waals surface area contributed by atoms with Crippen LogP contribution >= 0.6 is 0 Å². The molecule has 0 fully saturated rings. The molecule has 0 atom stereocenters. The normalized spacial score (nSPS) is 11.1. The van der Waals surface area contributed by atoms with Crippen LogP contribution in [0.3, 0.4) is 0 Å². The van der Waals surface area contributed by atoms with E-state index in [9.17, 15) is 4.79 Å². The Bertz CT molecular complexity index is 1040. The molecule has 2 N–H and O–H groups in total. The summed E-state index contributed by atoms with van der Waals surface area (Å²) in [5, 5.41) is 2.02. The lowest BCUT2D eigenvalue weighted by atomic mass is 10.1. The predicted molar refractivity (Wildman–Crippen MR) is 88.4 cm³/mol. The van der Waals surface area contributed by atoms with E-state index >= 15 is 0 Å². The van der Waals surface area contributed by atoms with Crippen LogP contribution in [0.2, 0.25) is 0 Å². The van der Waals surface area contributed by atoms with Crippen LogP contribution in [0.15, 0.2) is 59.4 Å². The molecule has 0 aliphatic carbocycles. The molecule has 0 radical (unpaired) electrons. The molecule has 4 heteroatoms. The highest BCUT2D eigenvalue weighted by atomic mass is 16.5. The number of pyridine rings is 1. The summed E-state index contributed by atoms with van der Waals surface area (Å²) in [4.78, 5) is 18.5. The highest BCUT2D eigenvalue weighted by Gasteiger charge is 2.09. The Kier molecular flexibility index (Phi) is 2.76. The number of para-hydroxylation sites is 1. The molecule has 2 aromatic heterocycles. The zero-order valence-electron chi connectivity index (χ0n) is 12.0. The van der Waals surface area contributed by atoms with Gasteiger partial charge in [-0.1, -0.05) is 18.2 Å². The van der Waals surface area contributed by atoms with Gasteiger partial charge in [0, 0.05) is 16.4 Å². The van der Waals surface area contributed by atoms with Gasteiger partial charge in [-0.25, -0.2) is 0 Å². The Balaban J connectivity index is 1.94. The number of aromatic nitrogens is 2. The lowest BCUT2D eigenvalue weighted by molar-refractivity contribution is 0.415. The maximum atomic E-state index is 12.3. The highest BCUT2D eigenvalue weighted by molar-refractivity contribution is 5.89. The zero-order valence-corrected chi connectivity index (χ0v) is 12.0. The summed E-state index contributed by atoms with van der Waals surface area (Å²) in [5.74, 6) is 0.797. The van der Waals surface area contributed by atoms with Crippen molar-refractivity contribution in [1.82, 2.24) is 9.97 Å². The van der Waals surface area contributed by atoms with Gasteiger partial charge in [0.25, 0.3) is 5.56 Å². The third-order valence-corrected chi connectivity index (χ3v) is 3.87. The van der Waals surface area contributed by atoms with E-state index in [4.69, 9.17) is 4.74 Å². The van der Waals surface area contributed by atoms with E-state index in [-0.39, 0.29) is 5.56 Å². The van der Waals surface area contributed by atoms with Crippen molar-refractivity contribution in [3.63, 3.8) is 0 Å². The number of methoxy groups -OCH3 is 1. The number of aromatic amines is 2. The second-order valence-electron chi connectivity index (χ2n) is 5.24. The fourth-order valence-electron chi connectivity index (χ4n) is 2.73. The second-order valence-corrected chi connectivity index (χ2v) is 5.24. The predicted octanol–water partition coefficient (Wildman–Crippen LogP) is 3.69. The molecular formula is C18H14N2O2. The summed E-state index contributed by atoms with van der Waals surface area (Å²) in [7, 11) is 1.64. The van der Waals surface area contributed by atoms with Crippen molar-refractivity contribution in [2.45, 2.75) is 0 Å². The molecule has 0 saturated carbocycles. The van der Waals surface area contributed by atoms with Gasteiger partial charge in [-0.2, -0.15) is 0 Å². The van der Waals surface area contributed by atoms with Gasteiger partial charge in [0.2, 0.25) is 0 Å². The van der Waals surface area contributed by atoms with Crippen LogP contribution in [0.5, 0.6) is 5.75 Å². The van der Waals surface area contributed by atoms with Crippen LogP contribution in [-0.4, -0.2) is 17.1 Å². The maximum absolute atomic E-state index is 12.3. The smallest absolute Gasteiger partial charge is 0.257 e. The van der Waals surface area contributed by atoms with Crippen molar-refractivity contribution < 1.29 is 4.74 Å². The van der Waals surface area contributed by atoms with Gasteiger partial charge in [0.05, 0.1) is 18.4 Å². The van der Waals surface area contributed by atoms with Gasteiger partial charge in [0.1, 0.15) is 5.75 Å². The van der Waals surface area contributed by atoms with Crippen LogP contribution in [0, 0.1) is 0 Å². The Hall–Kier alpha value is -3.01. The molecule has 0 aliphatic heterocycles. The van der Waals surface area contributed by atoms with E-state index in [2.05, 4.69) is 9.97 Å². The molecule has 4 rings (SSSR count). The molecule has 4 nitrogen and oxygen atoms in total. The lowest BCUT2D eigenvalue weighted by Crippen LogP contribution is -2.08. The second kappa shape index (κ2) is 4.77. The van der Waals surface area contributed by atoms with E-state index in [0.717, 1.165) is 33.2 Å². The summed E-state index contributed by atoms with van der Waals surface area (Å²) in [6.07, 6.45) is 0. The fraction of sp³-hybridized carbons (Fsp3) is 0.0556. The van der Waals surface area contributed by atoms with Crippen LogP contribution in [-0.2, 0) is 0 Å². The maximum Gasteiger partial charge on any atom is 0.257 e. The van der Waals surface area contributed by atoms with Gasteiger partial charge in [-0.15, -0.1) is 0 Å². The summed E-state index contributed by atoms with van der Waals surface area (Å²) in [6, 6.07) is 17.4. The molecule has 4 aromatic rings. The molecule has 0 amide bonds. The van der Waals surface area contributed by atoms with Crippen molar-refractivity contribution >= 4 is 21.8 Å². The highest BCUT2D eigenvalue weighted by Crippen LogP contribution is 2.26. The van der Waals surface area contributed by atoms with Crippen molar-refractivity contribution in [1.29, 1.82) is 0 Å². The van der Waals surface area contributed by atoms with Gasteiger partial charge >= 0.3 is 0 Å². The van der Waals surface area contributed by atoms with E-state index < -0.39 is 0 Å². The summed E-state index contributed by atoms with van der Waals surface area (Å²) in [5.41, 5.74) is 3.15. The summed E-state index contributed by atoms with van der Waals surface area (Å²) >= 11 is 0. The van der Waals surface area contributed by atoms with Gasteiger partial charge in [-0.05, 0) is 41.8 Å². The monoisotopic (exact) mass is 290 g/mol. The molecule has 0 unspecified atom stereocenters. The SMILES string of the molecule is COc1ccc2[nH]c(-c3cc4ccccc4[nH]c3=O)cc2c1. The standard InChI is InChI=1S/C18H14N2O2/c1-22-13-6-7-16-12(8-13)10-17(19-16)14-9-11-4-2-3-5-15(11)20-18(14)21/h2-10,19H,1H3,(H,20,21). The number of rotatable bonds is 2. The molecule has 2 aromatic carbocycles. The van der Waals surface area contributed by atoms with Gasteiger partial charge in [0.15, 0.2) is 0 Å². The topological polar surface area (TPSA) is 57.9 Å². The summed E-state index contributed by atoms with van der Waals surface area (Å²) in [6.45, 7) is 0. The van der Waals surface area contributed by atoms with Crippen molar-refractivity contribution in [2.75, 3.05) is 7.11 Å².